The number of benzene rings is 2. The van der Waals surface area contributed by atoms with Crippen molar-refractivity contribution in [1.29, 1.82) is 0 Å². The molecule has 0 radical (unpaired) electrons. The molecule has 0 aliphatic carbocycles. The van der Waals surface area contributed by atoms with Crippen LogP contribution in [0.25, 0.3) is 11.0 Å². The van der Waals surface area contributed by atoms with Crippen molar-refractivity contribution in [1.82, 2.24) is 20.3 Å². The maximum Gasteiger partial charge on any atom is 0.152 e. The zero-order valence-corrected chi connectivity index (χ0v) is 19.1. The summed E-state index contributed by atoms with van der Waals surface area (Å²) in [6.45, 7) is 3.96. The summed E-state index contributed by atoms with van der Waals surface area (Å²) in [5, 5.41) is 8.24. The first-order valence-electron chi connectivity index (χ1n) is 10.9. The van der Waals surface area contributed by atoms with Crippen molar-refractivity contribution >= 4 is 34.7 Å². The molecule has 8 heteroatoms. The van der Waals surface area contributed by atoms with E-state index in [0.29, 0.717) is 17.3 Å². The van der Waals surface area contributed by atoms with Crippen molar-refractivity contribution in [3.8, 4) is 11.5 Å². The number of aromatic amines is 1. The van der Waals surface area contributed by atoms with Gasteiger partial charge in [0.1, 0.15) is 29.3 Å². The van der Waals surface area contributed by atoms with E-state index < -0.39 is 0 Å². The van der Waals surface area contributed by atoms with Gasteiger partial charge in [-0.15, -0.1) is 0 Å². The summed E-state index contributed by atoms with van der Waals surface area (Å²) >= 11 is 6.00. The highest BCUT2D eigenvalue weighted by Crippen LogP contribution is 2.26. The number of nitrogens with one attached hydrogen (secondary N) is 3. The average Bonchev–Trinajstić information content (AvgIpc) is 3.28. The van der Waals surface area contributed by atoms with Crippen molar-refractivity contribution < 1.29 is 9.53 Å². The highest BCUT2D eigenvalue weighted by Gasteiger charge is 2.16. The Balaban J connectivity index is 0.000000160. The van der Waals surface area contributed by atoms with Gasteiger partial charge in [0.25, 0.3) is 0 Å². The fourth-order valence-corrected chi connectivity index (χ4v) is 3.79. The molecule has 0 bridgehead atoms. The number of halogens is 1. The molecule has 4 aromatic rings. The number of aldehydes is 1. The number of rotatable bonds is 5. The van der Waals surface area contributed by atoms with Crippen LogP contribution in [-0.2, 0) is 0 Å². The van der Waals surface area contributed by atoms with Gasteiger partial charge in [0.15, 0.2) is 6.29 Å². The number of anilines is 1. The van der Waals surface area contributed by atoms with Crippen LogP contribution in [0.5, 0.6) is 11.5 Å². The first-order chi connectivity index (χ1) is 16.1. The minimum absolute atomic E-state index is 0.353. The highest BCUT2D eigenvalue weighted by atomic mass is 35.5. The Labute approximate surface area is 197 Å². The number of hydrogen-bond acceptors (Lipinski definition) is 6. The van der Waals surface area contributed by atoms with E-state index in [2.05, 4.69) is 25.6 Å². The number of H-pyrrole nitrogens is 1. The molecular weight excluding hydrogens is 438 g/mol. The van der Waals surface area contributed by atoms with Gasteiger partial charge in [-0.3, -0.25) is 4.79 Å². The van der Waals surface area contributed by atoms with Crippen LogP contribution in [0.2, 0.25) is 5.02 Å². The van der Waals surface area contributed by atoms with Crippen LogP contribution in [0.3, 0.4) is 0 Å². The molecule has 3 N–H and O–H groups in total. The van der Waals surface area contributed by atoms with E-state index in [1.165, 1.54) is 6.33 Å². The van der Waals surface area contributed by atoms with Gasteiger partial charge in [-0.2, -0.15) is 0 Å². The number of nitrogens with zero attached hydrogens (tertiary/aromatic N) is 2. The molecule has 3 heterocycles. The third kappa shape index (κ3) is 5.88. The van der Waals surface area contributed by atoms with Crippen molar-refractivity contribution in [3.63, 3.8) is 0 Å². The largest absolute Gasteiger partial charge is 0.457 e. The monoisotopic (exact) mass is 463 g/mol. The summed E-state index contributed by atoms with van der Waals surface area (Å²) in [5.41, 5.74) is 2.34. The molecule has 1 fully saturated rings. The molecule has 170 valence electrons. The summed E-state index contributed by atoms with van der Waals surface area (Å²) in [7, 11) is 0. The molecule has 33 heavy (non-hydrogen) atoms. The molecule has 7 nitrogen and oxygen atoms in total. The van der Waals surface area contributed by atoms with E-state index in [1.54, 1.807) is 6.20 Å². The van der Waals surface area contributed by atoms with Crippen molar-refractivity contribution in [2.24, 2.45) is 0 Å². The zero-order valence-electron chi connectivity index (χ0n) is 18.3. The van der Waals surface area contributed by atoms with E-state index >= 15 is 0 Å². The molecular formula is C25H26ClN5O2. The quantitative estimate of drug-likeness (QED) is 0.344. The molecule has 1 unspecified atom stereocenters. The summed E-state index contributed by atoms with van der Waals surface area (Å²) in [6.07, 6.45) is 6.26. The number of aryl methyl sites for hydroxylation is 1. The lowest BCUT2D eigenvalue weighted by Gasteiger charge is -2.24. The molecule has 2 aromatic heterocycles. The first kappa shape index (κ1) is 22.8. The molecule has 5 rings (SSSR count). The van der Waals surface area contributed by atoms with Crippen LogP contribution < -0.4 is 15.4 Å². The third-order valence-electron chi connectivity index (χ3n) is 5.39. The van der Waals surface area contributed by atoms with Crippen LogP contribution >= 0.6 is 11.6 Å². The molecule has 1 atom stereocenters. The number of carbonyl (C=O) groups excluding carboxylic acids is 1. The maximum absolute atomic E-state index is 11.0. The van der Waals surface area contributed by atoms with Gasteiger partial charge < -0.3 is 20.4 Å². The van der Waals surface area contributed by atoms with Crippen molar-refractivity contribution in [2.75, 3.05) is 18.4 Å². The zero-order chi connectivity index (χ0) is 23.0. The van der Waals surface area contributed by atoms with Gasteiger partial charge in [-0.05, 0) is 56.1 Å². The topological polar surface area (TPSA) is 91.9 Å². The molecule has 0 spiro atoms. The van der Waals surface area contributed by atoms with Gasteiger partial charge in [0, 0.05) is 29.4 Å². The standard InChI is InChI=1S/C13H11ClO.C12H15N5O/c1-10-7-8-12(9-13(10)14)15-11-5-3-2-4-6-11;18-6-8-4-14-11-10(8)12(16-7-15-11)17-9-2-1-3-13-5-9/h2-9H,1H3;4,6-7,9,13H,1-3,5H2,(H2,14,15,16,17). The smallest absolute Gasteiger partial charge is 0.152 e. The number of ether oxygens (including phenoxy) is 1. The molecule has 0 amide bonds. The Morgan fingerprint density at radius 1 is 1.15 bits per heavy atom. The minimum atomic E-state index is 0.353. The van der Waals surface area contributed by atoms with Gasteiger partial charge in [0.05, 0.1) is 5.39 Å². The summed E-state index contributed by atoms with van der Waals surface area (Å²) < 4.78 is 5.63. The second kappa shape index (κ2) is 10.9. The SMILES string of the molecule is Cc1ccc(Oc2ccccc2)cc1Cl.O=Cc1c[nH]c2ncnc(NC3CCCNC3)c12. The molecule has 1 saturated heterocycles. The number of piperidine rings is 1. The predicted molar refractivity (Wildman–Crippen MR) is 131 cm³/mol. The Morgan fingerprint density at radius 3 is 2.73 bits per heavy atom. The number of carbonyl (C=O) groups is 1. The van der Waals surface area contributed by atoms with E-state index in [0.717, 1.165) is 65.5 Å². The lowest BCUT2D eigenvalue weighted by atomic mass is 10.1. The minimum Gasteiger partial charge on any atom is -0.457 e. The number of fused-ring (bicyclic) bond motifs is 1. The lowest BCUT2D eigenvalue weighted by molar-refractivity contribution is 0.112. The van der Waals surface area contributed by atoms with E-state index in [-0.39, 0.29) is 0 Å². The fraction of sp³-hybridized carbons (Fsp3) is 0.240. The van der Waals surface area contributed by atoms with Crippen LogP contribution in [0.1, 0.15) is 28.8 Å². The Bertz CT molecular complexity index is 1210. The number of hydrogen-bond donors (Lipinski definition) is 3. The Hall–Kier alpha value is -3.42. The lowest BCUT2D eigenvalue weighted by Crippen LogP contribution is -2.38. The summed E-state index contributed by atoms with van der Waals surface area (Å²) in [5.74, 6) is 2.31. The van der Waals surface area contributed by atoms with Crippen molar-refractivity contribution in [2.45, 2.75) is 25.8 Å². The first-order valence-corrected chi connectivity index (χ1v) is 11.3. The fourth-order valence-electron chi connectivity index (χ4n) is 3.62. The molecule has 0 saturated carbocycles. The van der Waals surface area contributed by atoms with E-state index in [1.807, 2.05) is 55.5 Å². The second-order valence-electron chi connectivity index (χ2n) is 7.82. The molecule has 2 aromatic carbocycles. The van der Waals surface area contributed by atoms with Gasteiger partial charge in [-0.25, -0.2) is 9.97 Å². The van der Waals surface area contributed by atoms with Gasteiger partial charge in [-0.1, -0.05) is 35.9 Å². The van der Waals surface area contributed by atoms with Crippen LogP contribution in [0.4, 0.5) is 5.82 Å². The number of aromatic nitrogens is 3. The average molecular weight is 464 g/mol. The molecule has 1 aliphatic rings. The highest BCUT2D eigenvalue weighted by molar-refractivity contribution is 6.31. The summed E-state index contributed by atoms with van der Waals surface area (Å²) in [6, 6.07) is 15.7. The van der Waals surface area contributed by atoms with Gasteiger partial charge >= 0.3 is 0 Å². The van der Waals surface area contributed by atoms with E-state index in [4.69, 9.17) is 16.3 Å². The van der Waals surface area contributed by atoms with Crippen molar-refractivity contribution in [3.05, 3.63) is 77.2 Å². The number of para-hydroxylation sites is 1. The maximum atomic E-state index is 11.0. The third-order valence-corrected chi connectivity index (χ3v) is 5.79. The molecule has 1 aliphatic heterocycles. The van der Waals surface area contributed by atoms with Crippen LogP contribution in [0, 0.1) is 6.92 Å². The Morgan fingerprint density at radius 2 is 2.00 bits per heavy atom. The van der Waals surface area contributed by atoms with Gasteiger partial charge in [0.2, 0.25) is 0 Å². The Kier molecular flexibility index (Phi) is 7.55. The summed E-state index contributed by atoms with van der Waals surface area (Å²) in [4.78, 5) is 22.4. The predicted octanol–water partition coefficient (Wildman–Crippen LogP) is 5.38. The second-order valence-corrected chi connectivity index (χ2v) is 8.23. The van der Waals surface area contributed by atoms with Crippen LogP contribution in [0.15, 0.2) is 61.1 Å². The van der Waals surface area contributed by atoms with E-state index in [9.17, 15) is 4.79 Å². The van der Waals surface area contributed by atoms with Crippen LogP contribution in [-0.4, -0.2) is 40.4 Å². The normalized spacial score (nSPS) is 15.4.